The molecule has 3 heterocycles. The van der Waals surface area contributed by atoms with E-state index in [-0.39, 0.29) is 28.5 Å². The van der Waals surface area contributed by atoms with Crippen LogP contribution in [0.15, 0.2) is 75.0 Å². The lowest BCUT2D eigenvalue weighted by atomic mass is 9.99. The number of ether oxygens (including phenoxy) is 1. The van der Waals surface area contributed by atoms with Gasteiger partial charge in [0, 0.05) is 16.5 Å². The van der Waals surface area contributed by atoms with Gasteiger partial charge in [-0.25, -0.2) is 0 Å². The molecular formula is C25H18ClNO7. The third-order valence-corrected chi connectivity index (χ3v) is 5.86. The summed E-state index contributed by atoms with van der Waals surface area (Å²) in [7, 11) is 1.44. The molecule has 0 saturated carbocycles. The molecule has 1 aliphatic heterocycles. The van der Waals surface area contributed by atoms with Gasteiger partial charge < -0.3 is 23.8 Å². The SMILES string of the molecule is COc1cc(Cl)cc2cc(C(=O)C3=C(O)C(=O)N(c4cc(C)ccc4O)C3c3ccco3)oc12. The Morgan fingerprint density at radius 1 is 1.15 bits per heavy atom. The van der Waals surface area contributed by atoms with Crippen LogP contribution < -0.4 is 9.64 Å². The lowest BCUT2D eigenvalue weighted by Gasteiger charge is -2.25. The van der Waals surface area contributed by atoms with Gasteiger partial charge in [-0.2, -0.15) is 0 Å². The fourth-order valence-electron chi connectivity index (χ4n) is 4.11. The lowest BCUT2D eigenvalue weighted by molar-refractivity contribution is -0.117. The number of halogens is 1. The maximum atomic E-state index is 13.6. The third kappa shape index (κ3) is 3.31. The predicted molar refractivity (Wildman–Crippen MR) is 124 cm³/mol. The number of aromatic hydroxyl groups is 1. The Morgan fingerprint density at radius 2 is 1.94 bits per heavy atom. The first-order chi connectivity index (χ1) is 16.3. The lowest BCUT2D eigenvalue weighted by Crippen LogP contribution is -2.31. The summed E-state index contributed by atoms with van der Waals surface area (Å²) in [5.74, 6) is -2.12. The molecule has 1 atom stereocenters. The molecule has 1 unspecified atom stereocenters. The minimum Gasteiger partial charge on any atom is -0.506 e. The standard InChI is InChI=1S/C25H18ClNO7/c1-12-5-6-16(28)15(8-12)27-21(17-4-3-7-33-17)20(23(30)25(27)31)22(29)18-10-13-9-14(26)11-19(32-2)24(13)34-18/h3-11,21,28,30H,1-2H3. The van der Waals surface area contributed by atoms with Gasteiger partial charge in [0.25, 0.3) is 5.91 Å². The number of aryl methyl sites for hydroxylation is 1. The van der Waals surface area contributed by atoms with E-state index in [1.807, 2.05) is 0 Å². The number of benzene rings is 2. The minimum atomic E-state index is -1.14. The van der Waals surface area contributed by atoms with Crippen molar-refractivity contribution >= 4 is 39.9 Å². The van der Waals surface area contributed by atoms with Gasteiger partial charge in [-0.1, -0.05) is 17.7 Å². The van der Waals surface area contributed by atoms with E-state index in [2.05, 4.69) is 0 Å². The molecule has 1 aliphatic rings. The van der Waals surface area contributed by atoms with E-state index >= 15 is 0 Å². The second kappa shape index (κ2) is 8.00. The average molecular weight is 480 g/mol. The third-order valence-electron chi connectivity index (χ3n) is 5.65. The van der Waals surface area contributed by atoms with E-state index in [1.165, 1.54) is 25.5 Å². The number of rotatable bonds is 5. The van der Waals surface area contributed by atoms with Crippen molar-refractivity contribution in [3.63, 3.8) is 0 Å². The number of anilines is 1. The highest BCUT2D eigenvalue weighted by molar-refractivity contribution is 6.31. The highest BCUT2D eigenvalue weighted by Gasteiger charge is 2.47. The number of ketones is 1. The Labute approximate surface area is 198 Å². The number of aliphatic hydroxyl groups is 1. The molecule has 0 radical (unpaired) electrons. The van der Waals surface area contributed by atoms with Gasteiger partial charge in [0.15, 0.2) is 22.9 Å². The summed E-state index contributed by atoms with van der Waals surface area (Å²) >= 11 is 6.12. The number of amides is 1. The number of carbonyl (C=O) groups is 2. The van der Waals surface area contributed by atoms with E-state index in [0.717, 1.165) is 10.5 Å². The molecule has 0 spiro atoms. The van der Waals surface area contributed by atoms with Crippen LogP contribution in [-0.2, 0) is 4.79 Å². The first-order valence-corrected chi connectivity index (χ1v) is 10.6. The summed E-state index contributed by atoms with van der Waals surface area (Å²) in [5.41, 5.74) is 0.936. The smallest absolute Gasteiger partial charge is 0.294 e. The Kier molecular flexibility index (Phi) is 5.10. The van der Waals surface area contributed by atoms with Crippen LogP contribution in [-0.4, -0.2) is 29.0 Å². The summed E-state index contributed by atoms with van der Waals surface area (Å²) in [6.07, 6.45) is 1.39. The van der Waals surface area contributed by atoms with Crippen LogP contribution in [0.4, 0.5) is 5.69 Å². The molecule has 2 aromatic carbocycles. The van der Waals surface area contributed by atoms with Gasteiger partial charge in [-0.05, 0) is 48.9 Å². The molecule has 34 heavy (non-hydrogen) atoms. The van der Waals surface area contributed by atoms with E-state index < -0.39 is 23.5 Å². The van der Waals surface area contributed by atoms with Gasteiger partial charge in [-0.3, -0.25) is 14.5 Å². The first-order valence-electron chi connectivity index (χ1n) is 10.2. The van der Waals surface area contributed by atoms with Crippen LogP contribution in [0.1, 0.15) is 27.9 Å². The maximum absolute atomic E-state index is 13.6. The van der Waals surface area contributed by atoms with E-state index in [9.17, 15) is 19.8 Å². The van der Waals surface area contributed by atoms with Crippen LogP contribution >= 0.6 is 11.6 Å². The average Bonchev–Trinajstić information content (AvgIpc) is 3.54. The van der Waals surface area contributed by atoms with Crippen LogP contribution in [0.25, 0.3) is 11.0 Å². The van der Waals surface area contributed by atoms with E-state index in [1.54, 1.807) is 43.3 Å². The van der Waals surface area contributed by atoms with Gasteiger partial charge in [-0.15, -0.1) is 0 Å². The van der Waals surface area contributed by atoms with Gasteiger partial charge in [0.2, 0.25) is 5.78 Å². The quantitative estimate of drug-likeness (QED) is 0.364. The first kappa shape index (κ1) is 21.7. The molecular weight excluding hydrogens is 462 g/mol. The molecule has 8 nitrogen and oxygen atoms in total. The maximum Gasteiger partial charge on any atom is 0.294 e. The number of Topliss-reactive ketones (excluding diaryl/α,β-unsaturated/α-hetero) is 1. The summed E-state index contributed by atoms with van der Waals surface area (Å²) in [5, 5.41) is 22.2. The van der Waals surface area contributed by atoms with Crippen molar-refractivity contribution < 1.29 is 33.4 Å². The van der Waals surface area contributed by atoms with Crippen LogP contribution in [0.2, 0.25) is 5.02 Å². The molecule has 0 aliphatic carbocycles. The van der Waals surface area contributed by atoms with Crippen LogP contribution in [0.5, 0.6) is 11.5 Å². The number of phenolic OH excluding ortho intramolecular Hbond substituents is 1. The molecule has 5 rings (SSSR count). The number of phenols is 1. The predicted octanol–water partition coefficient (Wildman–Crippen LogP) is 5.48. The number of fused-ring (bicyclic) bond motifs is 1. The number of hydrogen-bond donors (Lipinski definition) is 2. The highest BCUT2D eigenvalue weighted by Crippen LogP contribution is 2.45. The molecule has 172 valence electrons. The Morgan fingerprint density at radius 3 is 2.65 bits per heavy atom. The number of methoxy groups -OCH3 is 1. The molecule has 0 fully saturated rings. The number of nitrogens with zero attached hydrogens (tertiary/aromatic N) is 1. The summed E-state index contributed by atoms with van der Waals surface area (Å²) in [6.45, 7) is 1.79. The van der Waals surface area contributed by atoms with Crippen molar-refractivity contribution in [3.8, 4) is 11.5 Å². The topological polar surface area (TPSA) is 113 Å². The molecule has 0 saturated heterocycles. The van der Waals surface area contributed by atoms with Gasteiger partial charge in [0.1, 0.15) is 17.6 Å². The number of hydrogen-bond acceptors (Lipinski definition) is 7. The zero-order valence-electron chi connectivity index (χ0n) is 18.0. The van der Waals surface area contributed by atoms with Gasteiger partial charge >= 0.3 is 0 Å². The summed E-state index contributed by atoms with van der Waals surface area (Å²) in [6, 6.07) is 11.3. The number of furan rings is 2. The zero-order valence-corrected chi connectivity index (χ0v) is 18.8. The molecule has 9 heteroatoms. The van der Waals surface area contributed by atoms with Crippen molar-refractivity contribution in [3.05, 3.63) is 88.2 Å². The Balaban J connectivity index is 1.67. The van der Waals surface area contributed by atoms with Crippen molar-refractivity contribution in [2.45, 2.75) is 13.0 Å². The van der Waals surface area contributed by atoms with E-state index in [0.29, 0.717) is 21.7 Å². The molecule has 2 aromatic heterocycles. The second-order valence-corrected chi connectivity index (χ2v) is 8.25. The largest absolute Gasteiger partial charge is 0.506 e. The van der Waals surface area contributed by atoms with Crippen LogP contribution in [0.3, 0.4) is 0 Å². The van der Waals surface area contributed by atoms with E-state index in [4.69, 9.17) is 25.2 Å². The number of aliphatic hydroxyl groups excluding tert-OH is 1. The summed E-state index contributed by atoms with van der Waals surface area (Å²) < 4.78 is 16.6. The molecule has 1 amide bonds. The van der Waals surface area contributed by atoms with Crippen molar-refractivity contribution in [1.29, 1.82) is 0 Å². The molecule has 0 bridgehead atoms. The Bertz CT molecular complexity index is 1480. The van der Waals surface area contributed by atoms with Gasteiger partial charge in [0.05, 0.1) is 24.6 Å². The highest BCUT2D eigenvalue weighted by atomic mass is 35.5. The molecule has 2 N–H and O–H groups in total. The summed E-state index contributed by atoms with van der Waals surface area (Å²) in [4.78, 5) is 27.9. The van der Waals surface area contributed by atoms with Crippen molar-refractivity contribution in [2.24, 2.45) is 0 Å². The molecule has 4 aromatic rings. The second-order valence-electron chi connectivity index (χ2n) is 7.81. The minimum absolute atomic E-state index is 0.124. The monoisotopic (exact) mass is 479 g/mol. The Hall–Kier alpha value is -4.17. The number of carbonyl (C=O) groups excluding carboxylic acids is 2. The normalized spacial score (nSPS) is 16.0. The fraction of sp³-hybridized carbons (Fsp3) is 0.120. The van der Waals surface area contributed by atoms with Crippen molar-refractivity contribution in [2.75, 3.05) is 12.0 Å². The zero-order chi connectivity index (χ0) is 24.1. The fourth-order valence-corrected chi connectivity index (χ4v) is 4.33. The van der Waals surface area contributed by atoms with Crippen LogP contribution in [0, 0.1) is 6.92 Å². The van der Waals surface area contributed by atoms with Crippen molar-refractivity contribution in [1.82, 2.24) is 0 Å².